The third kappa shape index (κ3) is 1.86. The van der Waals surface area contributed by atoms with E-state index >= 15 is 0 Å². The van der Waals surface area contributed by atoms with E-state index in [-0.39, 0.29) is 6.04 Å². The molecule has 0 aromatic carbocycles. The van der Waals surface area contributed by atoms with Gasteiger partial charge in [0.25, 0.3) is 0 Å². The molecule has 2 heterocycles. The Labute approximate surface area is 95.1 Å². The van der Waals surface area contributed by atoms with Gasteiger partial charge in [0, 0.05) is 37.7 Å². The molecule has 0 spiro atoms. The summed E-state index contributed by atoms with van der Waals surface area (Å²) in [5, 5.41) is 7.55. The van der Waals surface area contributed by atoms with Crippen LogP contribution in [0.15, 0.2) is 24.8 Å². The summed E-state index contributed by atoms with van der Waals surface area (Å²) < 4.78 is 3.94. The number of hydrogen-bond donors (Lipinski definition) is 1. The van der Waals surface area contributed by atoms with Gasteiger partial charge in [0.1, 0.15) is 5.82 Å². The first-order valence-corrected chi connectivity index (χ1v) is 5.43. The lowest BCUT2D eigenvalue weighted by atomic mass is 10.1. The van der Waals surface area contributed by atoms with Crippen LogP contribution in [0.2, 0.25) is 0 Å². The van der Waals surface area contributed by atoms with E-state index in [2.05, 4.69) is 28.5 Å². The van der Waals surface area contributed by atoms with E-state index in [1.165, 1.54) is 0 Å². The van der Waals surface area contributed by atoms with Crippen LogP contribution < -0.4 is 5.32 Å². The second-order valence-electron chi connectivity index (χ2n) is 3.75. The summed E-state index contributed by atoms with van der Waals surface area (Å²) in [7, 11) is 3.93. The highest BCUT2D eigenvalue weighted by molar-refractivity contribution is 5.19. The lowest BCUT2D eigenvalue weighted by Gasteiger charge is -2.13. The molecule has 2 aromatic heterocycles. The Kier molecular flexibility index (Phi) is 3.05. The Morgan fingerprint density at radius 1 is 1.50 bits per heavy atom. The zero-order valence-electron chi connectivity index (χ0n) is 9.88. The number of hydrogen-bond acceptors (Lipinski definition) is 3. The molecule has 0 aliphatic rings. The Hall–Kier alpha value is -1.62. The van der Waals surface area contributed by atoms with Crippen LogP contribution in [0, 0.1) is 0 Å². The number of rotatable bonds is 4. The lowest BCUT2D eigenvalue weighted by Crippen LogP contribution is -2.20. The van der Waals surface area contributed by atoms with Crippen molar-refractivity contribution in [2.24, 2.45) is 7.05 Å². The van der Waals surface area contributed by atoms with Crippen molar-refractivity contribution in [1.82, 2.24) is 24.6 Å². The predicted molar refractivity (Wildman–Crippen MR) is 62.0 cm³/mol. The van der Waals surface area contributed by atoms with Crippen LogP contribution in [0.5, 0.6) is 0 Å². The summed E-state index contributed by atoms with van der Waals surface area (Å²) >= 11 is 0. The number of aromatic nitrogens is 4. The van der Waals surface area contributed by atoms with Gasteiger partial charge < -0.3 is 9.88 Å². The van der Waals surface area contributed by atoms with Crippen LogP contribution in [0.4, 0.5) is 0 Å². The molecular weight excluding hydrogens is 202 g/mol. The maximum Gasteiger partial charge on any atom is 0.130 e. The van der Waals surface area contributed by atoms with E-state index < -0.39 is 0 Å². The van der Waals surface area contributed by atoms with Crippen LogP contribution in [-0.4, -0.2) is 26.4 Å². The van der Waals surface area contributed by atoms with Crippen LogP contribution in [0.1, 0.15) is 24.4 Å². The molecule has 1 atom stereocenters. The third-order valence-corrected chi connectivity index (χ3v) is 2.72. The topological polar surface area (TPSA) is 47.7 Å². The highest BCUT2D eigenvalue weighted by Gasteiger charge is 2.17. The first-order chi connectivity index (χ1) is 7.76. The fourth-order valence-corrected chi connectivity index (χ4v) is 1.80. The number of nitrogens with zero attached hydrogens (tertiary/aromatic N) is 4. The second-order valence-corrected chi connectivity index (χ2v) is 3.75. The van der Waals surface area contributed by atoms with Gasteiger partial charge in [-0.3, -0.25) is 4.68 Å². The molecule has 5 heteroatoms. The highest BCUT2D eigenvalue weighted by atomic mass is 15.3. The lowest BCUT2D eigenvalue weighted by molar-refractivity contribution is 0.613. The Bertz CT molecular complexity index is 456. The molecule has 0 bridgehead atoms. The number of nitrogens with one attached hydrogen (secondary N) is 1. The van der Waals surface area contributed by atoms with E-state index in [0.717, 1.165) is 17.9 Å². The van der Waals surface area contributed by atoms with Crippen molar-refractivity contribution in [3.05, 3.63) is 36.2 Å². The van der Waals surface area contributed by atoms with Gasteiger partial charge in [-0.25, -0.2) is 4.98 Å². The molecule has 0 saturated carbocycles. The summed E-state index contributed by atoms with van der Waals surface area (Å²) in [5.41, 5.74) is 1.14. The zero-order chi connectivity index (χ0) is 11.5. The Morgan fingerprint density at radius 2 is 2.31 bits per heavy atom. The quantitative estimate of drug-likeness (QED) is 0.832. The van der Waals surface area contributed by atoms with E-state index in [9.17, 15) is 0 Å². The monoisotopic (exact) mass is 219 g/mol. The van der Waals surface area contributed by atoms with Crippen molar-refractivity contribution in [3.8, 4) is 0 Å². The van der Waals surface area contributed by atoms with Gasteiger partial charge in [-0.1, -0.05) is 0 Å². The standard InChI is InChI=1S/C11H17N5/c1-4-16-8-9(7-14-16)10(12-2)11-13-5-6-15(11)3/h5-8,10,12H,4H2,1-3H3. The summed E-state index contributed by atoms with van der Waals surface area (Å²) in [5.74, 6) is 0.998. The van der Waals surface area contributed by atoms with Gasteiger partial charge in [-0.05, 0) is 14.0 Å². The molecular formula is C11H17N5. The van der Waals surface area contributed by atoms with Crippen molar-refractivity contribution in [1.29, 1.82) is 0 Å². The van der Waals surface area contributed by atoms with E-state index in [1.807, 2.05) is 41.9 Å². The summed E-state index contributed by atoms with van der Waals surface area (Å²) in [6.07, 6.45) is 7.70. The minimum absolute atomic E-state index is 0.0975. The van der Waals surface area contributed by atoms with Crippen molar-refractivity contribution in [2.75, 3.05) is 7.05 Å². The van der Waals surface area contributed by atoms with Crippen LogP contribution in [0.3, 0.4) is 0 Å². The minimum atomic E-state index is 0.0975. The van der Waals surface area contributed by atoms with Gasteiger partial charge in [0.2, 0.25) is 0 Å². The first kappa shape index (κ1) is 10.9. The molecule has 0 aliphatic carbocycles. The summed E-state index contributed by atoms with van der Waals surface area (Å²) in [4.78, 5) is 4.36. The summed E-state index contributed by atoms with van der Waals surface area (Å²) in [6.45, 7) is 2.96. The molecule has 1 N–H and O–H groups in total. The SMILES string of the molecule is CCn1cc(C(NC)c2nccn2C)cn1. The average molecular weight is 219 g/mol. The van der Waals surface area contributed by atoms with Gasteiger partial charge >= 0.3 is 0 Å². The van der Waals surface area contributed by atoms with Crippen LogP contribution in [-0.2, 0) is 13.6 Å². The molecule has 0 amide bonds. The van der Waals surface area contributed by atoms with Crippen molar-refractivity contribution in [3.63, 3.8) is 0 Å². The fourth-order valence-electron chi connectivity index (χ4n) is 1.80. The highest BCUT2D eigenvalue weighted by Crippen LogP contribution is 2.18. The minimum Gasteiger partial charge on any atom is -0.336 e. The first-order valence-electron chi connectivity index (χ1n) is 5.43. The predicted octanol–water partition coefficient (Wildman–Crippen LogP) is 0.945. The van der Waals surface area contributed by atoms with E-state index in [1.54, 1.807) is 0 Å². The second kappa shape index (κ2) is 4.49. The molecule has 0 fully saturated rings. The van der Waals surface area contributed by atoms with E-state index in [0.29, 0.717) is 0 Å². The van der Waals surface area contributed by atoms with Crippen molar-refractivity contribution in [2.45, 2.75) is 19.5 Å². The Balaban J connectivity index is 2.32. The molecule has 0 saturated heterocycles. The Morgan fingerprint density at radius 3 is 2.81 bits per heavy atom. The molecule has 2 rings (SSSR count). The van der Waals surface area contributed by atoms with Crippen LogP contribution >= 0.6 is 0 Å². The van der Waals surface area contributed by atoms with E-state index in [4.69, 9.17) is 0 Å². The number of imidazole rings is 1. The molecule has 0 aliphatic heterocycles. The smallest absolute Gasteiger partial charge is 0.130 e. The maximum atomic E-state index is 4.36. The van der Waals surface area contributed by atoms with Gasteiger partial charge in [-0.15, -0.1) is 0 Å². The van der Waals surface area contributed by atoms with Crippen LogP contribution in [0.25, 0.3) is 0 Å². The van der Waals surface area contributed by atoms with Gasteiger partial charge in [-0.2, -0.15) is 5.10 Å². The van der Waals surface area contributed by atoms with Crippen molar-refractivity contribution >= 4 is 0 Å². The van der Waals surface area contributed by atoms with Crippen molar-refractivity contribution < 1.29 is 0 Å². The third-order valence-electron chi connectivity index (χ3n) is 2.72. The normalized spacial score (nSPS) is 12.9. The molecule has 0 radical (unpaired) electrons. The average Bonchev–Trinajstić information content (AvgIpc) is 2.90. The summed E-state index contributed by atoms with van der Waals surface area (Å²) in [6, 6.07) is 0.0975. The molecule has 86 valence electrons. The number of aryl methyl sites for hydroxylation is 2. The largest absolute Gasteiger partial charge is 0.336 e. The van der Waals surface area contributed by atoms with Gasteiger partial charge in [0.05, 0.1) is 12.2 Å². The zero-order valence-corrected chi connectivity index (χ0v) is 9.88. The molecule has 1 unspecified atom stereocenters. The molecule has 2 aromatic rings. The van der Waals surface area contributed by atoms with Gasteiger partial charge in [0.15, 0.2) is 0 Å². The fraction of sp³-hybridized carbons (Fsp3) is 0.455. The molecule has 16 heavy (non-hydrogen) atoms. The molecule has 5 nitrogen and oxygen atoms in total. The maximum absolute atomic E-state index is 4.36.